The zero-order valence-corrected chi connectivity index (χ0v) is 12.4. The van der Waals surface area contributed by atoms with Gasteiger partial charge in [-0.25, -0.2) is 0 Å². The summed E-state index contributed by atoms with van der Waals surface area (Å²) in [5.41, 5.74) is 8.05. The van der Waals surface area contributed by atoms with E-state index in [0.29, 0.717) is 11.3 Å². The number of nitrogen functional groups attached to an aromatic ring is 1. The molecule has 1 aromatic rings. The van der Waals surface area contributed by atoms with E-state index >= 15 is 0 Å². The molecule has 1 aromatic carbocycles. The monoisotopic (exact) mass is 263 g/mol. The zero-order chi connectivity index (χ0) is 14.4. The summed E-state index contributed by atoms with van der Waals surface area (Å²) in [5.74, 6) is 0.0692. The molecule has 1 amide bonds. The quantitative estimate of drug-likeness (QED) is 0.803. The predicted octanol–water partition coefficient (Wildman–Crippen LogP) is 2.60. The van der Waals surface area contributed by atoms with E-state index in [1.807, 2.05) is 36.0 Å². The van der Waals surface area contributed by atoms with Crippen LogP contribution in [0.5, 0.6) is 0 Å². The van der Waals surface area contributed by atoms with Crippen LogP contribution in [0.2, 0.25) is 0 Å². The van der Waals surface area contributed by atoms with Crippen LogP contribution in [0.3, 0.4) is 0 Å². The minimum Gasteiger partial charge on any atom is -0.399 e. The normalized spacial score (nSPS) is 10.3. The van der Waals surface area contributed by atoms with E-state index in [-0.39, 0.29) is 5.91 Å². The van der Waals surface area contributed by atoms with Crippen molar-refractivity contribution in [2.24, 2.45) is 0 Å². The van der Waals surface area contributed by atoms with E-state index in [2.05, 4.69) is 13.8 Å². The third kappa shape index (κ3) is 3.88. The van der Waals surface area contributed by atoms with Gasteiger partial charge in [0.2, 0.25) is 0 Å². The summed E-state index contributed by atoms with van der Waals surface area (Å²) in [6.45, 7) is 5.74. The minimum absolute atomic E-state index is 0.0692. The van der Waals surface area contributed by atoms with Gasteiger partial charge < -0.3 is 15.5 Å². The number of benzene rings is 1. The van der Waals surface area contributed by atoms with Crippen molar-refractivity contribution >= 4 is 17.3 Å². The number of hydrogen-bond donors (Lipinski definition) is 1. The number of anilines is 2. The molecule has 0 aliphatic carbocycles. The molecule has 0 bridgehead atoms. The summed E-state index contributed by atoms with van der Waals surface area (Å²) in [7, 11) is 3.87. The highest BCUT2D eigenvalue weighted by Crippen LogP contribution is 2.23. The van der Waals surface area contributed by atoms with Gasteiger partial charge in [0.1, 0.15) is 0 Å². The van der Waals surface area contributed by atoms with Gasteiger partial charge in [-0.15, -0.1) is 0 Å². The Morgan fingerprint density at radius 3 is 2.21 bits per heavy atom. The van der Waals surface area contributed by atoms with Crippen LogP contribution in [0.1, 0.15) is 37.0 Å². The van der Waals surface area contributed by atoms with Crippen LogP contribution in [0.25, 0.3) is 0 Å². The SMILES string of the molecule is CCCN(CCC)C(=O)c1cc(N)ccc1N(C)C. The molecule has 1 rings (SSSR count). The topological polar surface area (TPSA) is 49.6 Å². The van der Waals surface area contributed by atoms with Crippen molar-refractivity contribution in [1.29, 1.82) is 0 Å². The summed E-state index contributed by atoms with van der Waals surface area (Å²) in [5, 5.41) is 0. The highest BCUT2D eigenvalue weighted by Gasteiger charge is 2.19. The van der Waals surface area contributed by atoms with Crippen LogP contribution in [0.4, 0.5) is 11.4 Å². The Kier molecular flexibility index (Phi) is 5.67. The van der Waals surface area contributed by atoms with Gasteiger partial charge in [0, 0.05) is 38.6 Å². The lowest BCUT2D eigenvalue weighted by Gasteiger charge is -2.25. The van der Waals surface area contributed by atoms with Gasteiger partial charge in [0.15, 0.2) is 0 Å². The molecule has 0 aliphatic heterocycles. The number of carbonyl (C=O) groups excluding carboxylic acids is 1. The second kappa shape index (κ2) is 7.02. The molecule has 4 heteroatoms. The van der Waals surface area contributed by atoms with E-state index in [1.165, 1.54) is 0 Å². The summed E-state index contributed by atoms with van der Waals surface area (Å²) in [4.78, 5) is 16.5. The van der Waals surface area contributed by atoms with E-state index in [1.54, 1.807) is 6.07 Å². The molecule has 0 aromatic heterocycles. The maximum atomic E-state index is 12.6. The Labute approximate surface area is 116 Å². The van der Waals surface area contributed by atoms with Gasteiger partial charge >= 0.3 is 0 Å². The Morgan fingerprint density at radius 1 is 1.16 bits per heavy atom. The first-order valence-corrected chi connectivity index (χ1v) is 6.87. The number of nitrogens with zero attached hydrogens (tertiary/aromatic N) is 2. The van der Waals surface area contributed by atoms with Crippen LogP contribution in [-0.4, -0.2) is 38.0 Å². The molecule has 0 saturated carbocycles. The Hall–Kier alpha value is -1.71. The first-order chi connectivity index (χ1) is 9.01. The van der Waals surface area contributed by atoms with Crippen LogP contribution in [0, 0.1) is 0 Å². The average molecular weight is 263 g/mol. The van der Waals surface area contributed by atoms with Crippen LogP contribution >= 0.6 is 0 Å². The largest absolute Gasteiger partial charge is 0.399 e. The smallest absolute Gasteiger partial charge is 0.256 e. The molecular weight excluding hydrogens is 238 g/mol. The average Bonchev–Trinajstić information content (AvgIpc) is 2.37. The van der Waals surface area contributed by atoms with Crippen LogP contribution in [-0.2, 0) is 0 Å². The highest BCUT2D eigenvalue weighted by molar-refractivity contribution is 6.00. The van der Waals surface area contributed by atoms with Crippen molar-refractivity contribution in [2.75, 3.05) is 37.8 Å². The second-order valence-electron chi connectivity index (χ2n) is 4.96. The fourth-order valence-electron chi connectivity index (χ4n) is 2.14. The van der Waals surface area contributed by atoms with Crippen LogP contribution < -0.4 is 10.6 Å². The van der Waals surface area contributed by atoms with Crippen molar-refractivity contribution in [1.82, 2.24) is 4.90 Å². The number of carbonyl (C=O) groups is 1. The van der Waals surface area contributed by atoms with Gasteiger partial charge in [0.25, 0.3) is 5.91 Å². The van der Waals surface area contributed by atoms with Gasteiger partial charge in [-0.05, 0) is 31.0 Å². The van der Waals surface area contributed by atoms with E-state index in [9.17, 15) is 4.79 Å². The first kappa shape index (κ1) is 15.3. The second-order valence-corrected chi connectivity index (χ2v) is 4.96. The summed E-state index contributed by atoms with van der Waals surface area (Å²) >= 11 is 0. The standard InChI is InChI=1S/C15H25N3O/c1-5-9-18(10-6-2)15(19)13-11-12(16)7-8-14(13)17(3)4/h7-8,11H,5-6,9-10,16H2,1-4H3. The van der Waals surface area contributed by atoms with Crippen molar-refractivity contribution in [2.45, 2.75) is 26.7 Å². The molecule has 0 fully saturated rings. The fraction of sp³-hybridized carbons (Fsp3) is 0.533. The third-order valence-corrected chi connectivity index (χ3v) is 3.01. The van der Waals surface area contributed by atoms with E-state index < -0.39 is 0 Å². The molecule has 0 spiro atoms. The molecule has 19 heavy (non-hydrogen) atoms. The summed E-state index contributed by atoms with van der Waals surface area (Å²) < 4.78 is 0. The fourth-order valence-corrected chi connectivity index (χ4v) is 2.14. The maximum Gasteiger partial charge on any atom is 0.256 e. The Balaban J connectivity index is 3.11. The molecule has 4 nitrogen and oxygen atoms in total. The zero-order valence-electron chi connectivity index (χ0n) is 12.4. The van der Waals surface area contributed by atoms with Gasteiger partial charge in [-0.2, -0.15) is 0 Å². The molecule has 0 saturated heterocycles. The highest BCUT2D eigenvalue weighted by atomic mass is 16.2. The molecule has 0 atom stereocenters. The number of amides is 1. The van der Waals surface area contributed by atoms with Crippen molar-refractivity contribution in [3.63, 3.8) is 0 Å². The lowest BCUT2D eigenvalue weighted by Crippen LogP contribution is -2.33. The van der Waals surface area contributed by atoms with Crippen molar-refractivity contribution in [3.05, 3.63) is 23.8 Å². The molecule has 0 aliphatic rings. The Morgan fingerprint density at radius 2 is 1.74 bits per heavy atom. The third-order valence-electron chi connectivity index (χ3n) is 3.01. The maximum absolute atomic E-state index is 12.6. The molecule has 2 N–H and O–H groups in total. The summed E-state index contributed by atoms with van der Waals surface area (Å²) in [6, 6.07) is 5.50. The molecule has 0 radical (unpaired) electrons. The van der Waals surface area contributed by atoms with E-state index in [4.69, 9.17) is 5.73 Å². The summed E-state index contributed by atoms with van der Waals surface area (Å²) in [6.07, 6.45) is 1.93. The van der Waals surface area contributed by atoms with E-state index in [0.717, 1.165) is 31.6 Å². The van der Waals surface area contributed by atoms with Gasteiger partial charge in [0.05, 0.1) is 5.56 Å². The lowest BCUT2D eigenvalue weighted by molar-refractivity contribution is 0.0756. The molecule has 106 valence electrons. The number of rotatable bonds is 6. The predicted molar refractivity (Wildman–Crippen MR) is 81.7 cm³/mol. The number of hydrogen-bond acceptors (Lipinski definition) is 3. The van der Waals surface area contributed by atoms with Crippen molar-refractivity contribution < 1.29 is 4.79 Å². The first-order valence-electron chi connectivity index (χ1n) is 6.87. The van der Waals surface area contributed by atoms with Gasteiger partial charge in [-0.3, -0.25) is 4.79 Å². The molecule has 0 heterocycles. The van der Waals surface area contributed by atoms with Gasteiger partial charge in [-0.1, -0.05) is 13.8 Å². The number of nitrogens with two attached hydrogens (primary N) is 1. The van der Waals surface area contributed by atoms with Crippen molar-refractivity contribution in [3.8, 4) is 0 Å². The molecular formula is C15H25N3O. The lowest BCUT2D eigenvalue weighted by atomic mass is 10.1. The van der Waals surface area contributed by atoms with Crippen LogP contribution in [0.15, 0.2) is 18.2 Å². The Bertz CT molecular complexity index is 423. The minimum atomic E-state index is 0.0692. The molecule has 0 unspecified atom stereocenters.